The molecule has 2 heterocycles. The number of ether oxygens (including phenoxy) is 1. The maximum absolute atomic E-state index is 12.4. The summed E-state index contributed by atoms with van der Waals surface area (Å²) in [7, 11) is -3.19. The average molecular weight is 436 g/mol. The predicted molar refractivity (Wildman–Crippen MR) is 113 cm³/mol. The van der Waals surface area contributed by atoms with Crippen molar-refractivity contribution in [3.05, 3.63) is 40.4 Å². The number of anilines is 1. The van der Waals surface area contributed by atoms with Crippen LogP contribution in [0.3, 0.4) is 0 Å². The van der Waals surface area contributed by atoms with Crippen molar-refractivity contribution in [1.29, 1.82) is 0 Å². The van der Waals surface area contributed by atoms with Crippen molar-refractivity contribution < 1.29 is 17.9 Å². The number of rotatable bonds is 7. The van der Waals surface area contributed by atoms with Gasteiger partial charge in [-0.05, 0) is 36.5 Å². The third-order valence-electron chi connectivity index (χ3n) is 5.16. The Morgan fingerprint density at radius 3 is 2.69 bits per heavy atom. The fourth-order valence-electron chi connectivity index (χ4n) is 3.27. The molecule has 2 aliphatic rings. The van der Waals surface area contributed by atoms with Crippen LogP contribution in [0.15, 0.2) is 24.3 Å². The summed E-state index contributed by atoms with van der Waals surface area (Å²) in [6.45, 7) is 4.95. The molecule has 4 rings (SSSR count). The molecular weight excluding hydrogens is 410 g/mol. The van der Waals surface area contributed by atoms with Crippen LogP contribution >= 0.6 is 11.3 Å². The molecule has 1 aromatic carbocycles. The molecule has 7 nitrogen and oxygen atoms in total. The SMILES string of the molecule is CC(C)c1ccc(OCC(=O)Nc2nc3c(s2)CN(S(=O)(=O)C2CC2)CC3)cc1. The Kier molecular flexibility index (Phi) is 5.63. The first-order valence-electron chi connectivity index (χ1n) is 9.83. The van der Waals surface area contributed by atoms with Gasteiger partial charge in [-0.25, -0.2) is 13.4 Å². The molecule has 0 radical (unpaired) electrons. The summed E-state index contributed by atoms with van der Waals surface area (Å²) in [4.78, 5) is 17.6. The first kappa shape index (κ1) is 20.3. The Labute approximate surface area is 175 Å². The number of hydrogen-bond acceptors (Lipinski definition) is 6. The van der Waals surface area contributed by atoms with Gasteiger partial charge >= 0.3 is 0 Å². The third-order valence-corrected chi connectivity index (χ3v) is 8.51. The second-order valence-electron chi connectivity index (χ2n) is 7.78. The van der Waals surface area contributed by atoms with Gasteiger partial charge in [-0.2, -0.15) is 4.31 Å². The number of thiazole rings is 1. The normalized spacial score (nSPS) is 17.2. The monoisotopic (exact) mass is 435 g/mol. The topological polar surface area (TPSA) is 88.6 Å². The molecule has 1 aliphatic heterocycles. The van der Waals surface area contributed by atoms with E-state index in [1.165, 1.54) is 16.9 Å². The van der Waals surface area contributed by atoms with Crippen LogP contribution in [0.1, 0.15) is 48.7 Å². The number of amides is 1. The van der Waals surface area contributed by atoms with E-state index in [-0.39, 0.29) is 17.8 Å². The van der Waals surface area contributed by atoms with Crippen LogP contribution in [0.4, 0.5) is 5.13 Å². The molecule has 1 aliphatic carbocycles. The van der Waals surface area contributed by atoms with E-state index in [2.05, 4.69) is 24.1 Å². The smallest absolute Gasteiger partial charge is 0.264 e. The van der Waals surface area contributed by atoms with Crippen LogP contribution in [0.2, 0.25) is 0 Å². The molecule has 1 aromatic heterocycles. The summed E-state index contributed by atoms with van der Waals surface area (Å²) >= 11 is 1.34. The number of fused-ring (bicyclic) bond motifs is 1. The van der Waals surface area contributed by atoms with Gasteiger partial charge in [0.1, 0.15) is 5.75 Å². The Morgan fingerprint density at radius 1 is 1.31 bits per heavy atom. The van der Waals surface area contributed by atoms with Crippen molar-refractivity contribution in [2.24, 2.45) is 0 Å². The lowest BCUT2D eigenvalue weighted by molar-refractivity contribution is -0.118. The number of aromatic nitrogens is 1. The fraction of sp³-hybridized carbons (Fsp3) is 0.500. The van der Waals surface area contributed by atoms with Crippen LogP contribution in [-0.2, 0) is 27.8 Å². The fourth-order valence-corrected chi connectivity index (χ4v) is 6.20. The maximum atomic E-state index is 12.4. The van der Waals surface area contributed by atoms with Crippen LogP contribution in [0.5, 0.6) is 5.75 Å². The number of hydrogen-bond donors (Lipinski definition) is 1. The highest BCUT2D eigenvalue weighted by Gasteiger charge is 2.41. The van der Waals surface area contributed by atoms with Gasteiger partial charge in [-0.1, -0.05) is 26.0 Å². The molecule has 156 valence electrons. The minimum absolute atomic E-state index is 0.104. The molecule has 29 heavy (non-hydrogen) atoms. The highest BCUT2D eigenvalue weighted by Crippen LogP contribution is 2.35. The lowest BCUT2D eigenvalue weighted by Gasteiger charge is -2.25. The van der Waals surface area contributed by atoms with E-state index in [4.69, 9.17) is 4.74 Å². The summed E-state index contributed by atoms with van der Waals surface area (Å²) in [6.07, 6.45) is 2.10. The summed E-state index contributed by atoms with van der Waals surface area (Å²) in [5.41, 5.74) is 2.09. The molecule has 0 unspecified atom stereocenters. The second kappa shape index (κ2) is 8.04. The van der Waals surface area contributed by atoms with Gasteiger partial charge in [0.25, 0.3) is 5.91 Å². The average Bonchev–Trinajstić information content (AvgIpc) is 3.47. The molecule has 0 saturated heterocycles. The van der Waals surface area contributed by atoms with Crippen LogP contribution in [0.25, 0.3) is 0 Å². The number of carbonyl (C=O) groups is 1. The summed E-state index contributed by atoms with van der Waals surface area (Å²) in [6, 6.07) is 7.71. The Morgan fingerprint density at radius 2 is 2.03 bits per heavy atom. The predicted octanol–water partition coefficient (Wildman–Crippen LogP) is 3.13. The molecule has 2 aromatic rings. The van der Waals surface area contributed by atoms with Gasteiger partial charge in [0, 0.05) is 24.4 Å². The first-order valence-corrected chi connectivity index (χ1v) is 12.1. The van der Waals surface area contributed by atoms with Crippen molar-refractivity contribution in [2.75, 3.05) is 18.5 Å². The van der Waals surface area contributed by atoms with Crippen molar-refractivity contribution in [1.82, 2.24) is 9.29 Å². The molecule has 0 bridgehead atoms. The van der Waals surface area contributed by atoms with Crippen LogP contribution < -0.4 is 10.1 Å². The molecule has 0 atom stereocenters. The molecule has 1 fully saturated rings. The van der Waals surface area contributed by atoms with Crippen molar-refractivity contribution in [2.45, 2.75) is 50.8 Å². The minimum atomic E-state index is -3.19. The Bertz CT molecular complexity index is 995. The van der Waals surface area contributed by atoms with Crippen molar-refractivity contribution in [3.63, 3.8) is 0 Å². The van der Waals surface area contributed by atoms with Crippen LogP contribution in [0, 0.1) is 0 Å². The van der Waals surface area contributed by atoms with Gasteiger partial charge in [-0.15, -0.1) is 11.3 Å². The van der Waals surface area contributed by atoms with E-state index >= 15 is 0 Å². The molecule has 1 saturated carbocycles. The van der Waals surface area contributed by atoms with E-state index in [0.717, 1.165) is 23.4 Å². The van der Waals surface area contributed by atoms with E-state index in [0.29, 0.717) is 36.3 Å². The zero-order valence-electron chi connectivity index (χ0n) is 16.6. The molecule has 1 N–H and O–H groups in total. The lowest BCUT2D eigenvalue weighted by atomic mass is 10.0. The number of nitrogens with one attached hydrogen (secondary N) is 1. The van der Waals surface area contributed by atoms with Crippen molar-refractivity contribution in [3.8, 4) is 5.75 Å². The van der Waals surface area contributed by atoms with Gasteiger partial charge in [0.2, 0.25) is 10.0 Å². The molecule has 0 spiro atoms. The van der Waals surface area contributed by atoms with Gasteiger partial charge in [0.15, 0.2) is 11.7 Å². The molecule has 1 amide bonds. The second-order valence-corrected chi connectivity index (χ2v) is 11.1. The molecule has 9 heteroatoms. The summed E-state index contributed by atoms with van der Waals surface area (Å²) in [5, 5.41) is 3.05. The number of sulfonamides is 1. The Hall–Kier alpha value is -1.97. The maximum Gasteiger partial charge on any atom is 0.264 e. The zero-order chi connectivity index (χ0) is 20.6. The van der Waals surface area contributed by atoms with E-state index < -0.39 is 10.0 Å². The highest BCUT2D eigenvalue weighted by atomic mass is 32.2. The van der Waals surface area contributed by atoms with E-state index in [1.807, 2.05) is 24.3 Å². The minimum Gasteiger partial charge on any atom is -0.484 e. The first-order chi connectivity index (χ1) is 13.8. The van der Waals surface area contributed by atoms with Gasteiger partial charge in [-0.3, -0.25) is 10.1 Å². The molecular formula is C20H25N3O4S2. The number of carbonyl (C=O) groups excluding carboxylic acids is 1. The standard InChI is InChI=1S/C20H25N3O4S2/c1-13(2)14-3-5-15(6-4-14)27-12-19(24)22-20-21-17-9-10-23(11-18(17)28-20)29(25,26)16-7-8-16/h3-6,13,16H,7-12H2,1-2H3,(H,21,22,24). The summed E-state index contributed by atoms with van der Waals surface area (Å²) < 4.78 is 32.0. The zero-order valence-corrected chi connectivity index (χ0v) is 18.2. The lowest BCUT2D eigenvalue weighted by Crippen LogP contribution is -2.37. The van der Waals surface area contributed by atoms with Gasteiger partial charge in [0.05, 0.1) is 10.9 Å². The van der Waals surface area contributed by atoms with Crippen LogP contribution in [-0.4, -0.2) is 42.0 Å². The van der Waals surface area contributed by atoms with Crippen molar-refractivity contribution >= 4 is 32.4 Å². The van der Waals surface area contributed by atoms with E-state index in [1.54, 1.807) is 4.31 Å². The van der Waals surface area contributed by atoms with Gasteiger partial charge < -0.3 is 4.74 Å². The van der Waals surface area contributed by atoms with E-state index in [9.17, 15) is 13.2 Å². The quantitative estimate of drug-likeness (QED) is 0.722. The third kappa shape index (κ3) is 4.62. The Balaban J connectivity index is 1.32. The summed E-state index contributed by atoms with van der Waals surface area (Å²) in [5.74, 6) is 0.800. The number of benzene rings is 1. The largest absolute Gasteiger partial charge is 0.484 e. The highest BCUT2D eigenvalue weighted by molar-refractivity contribution is 7.90. The number of nitrogens with zero attached hydrogens (tertiary/aromatic N) is 2.